The summed E-state index contributed by atoms with van der Waals surface area (Å²) in [4.78, 5) is 11.0. The van der Waals surface area contributed by atoms with Crippen molar-refractivity contribution in [3.63, 3.8) is 0 Å². The van der Waals surface area contributed by atoms with Crippen molar-refractivity contribution in [3.8, 4) is 11.1 Å². The summed E-state index contributed by atoms with van der Waals surface area (Å²) in [7, 11) is 0. The average molecular weight is 282 g/mol. The molecule has 0 spiro atoms. The normalized spacial score (nSPS) is 12.0. The minimum Gasteiger partial charge on any atom is -0.481 e. The lowest BCUT2D eigenvalue weighted by Gasteiger charge is -2.09. The molecule has 0 aliphatic rings. The topological polar surface area (TPSA) is 37.3 Å². The molecule has 0 bridgehead atoms. The number of aryl methyl sites for hydroxylation is 1. The zero-order valence-electron chi connectivity index (χ0n) is 12.5. The van der Waals surface area contributed by atoms with Crippen LogP contribution in [0.15, 0.2) is 54.6 Å². The monoisotopic (exact) mass is 282 g/mol. The predicted molar refractivity (Wildman–Crippen MR) is 86.2 cm³/mol. The van der Waals surface area contributed by atoms with E-state index in [1.165, 1.54) is 16.7 Å². The quantitative estimate of drug-likeness (QED) is 0.793. The fourth-order valence-corrected chi connectivity index (χ4v) is 2.55. The first kappa shape index (κ1) is 15.3. The summed E-state index contributed by atoms with van der Waals surface area (Å²) in [6.45, 7) is 1.94. The molecule has 0 aliphatic heterocycles. The molecular weight excluding hydrogens is 260 g/mol. The molecule has 0 fully saturated rings. The second-order valence-corrected chi connectivity index (χ2v) is 5.40. The Bertz CT molecular complexity index is 558. The lowest BCUT2D eigenvalue weighted by molar-refractivity contribution is -0.142. The van der Waals surface area contributed by atoms with Gasteiger partial charge in [-0.3, -0.25) is 4.79 Å². The Kier molecular flexibility index (Phi) is 5.56. The molecule has 0 amide bonds. The molecule has 0 saturated heterocycles. The van der Waals surface area contributed by atoms with Crippen LogP contribution in [0.5, 0.6) is 0 Å². The minimum absolute atomic E-state index is 0.200. The van der Waals surface area contributed by atoms with Crippen molar-refractivity contribution >= 4 is 5.97 Å². The lowest BCUT2D eigenvalue weighted by atomic mass is 9.96. The molecule has 21 heavy (non-hydrogen) atoms. The summed E-state index contributed by atoms with van der Waals surface area (Å²) < 4.78 is 0. The highest BCUT2D eigenvalue weighted by atomic mass is 16.4. The molecule has 0 heterocycles. The van der Waals surface area contributed by atoms with Gasteiger partial charge in [0, 0.05) is 0 Å². The van der Waals surface area contributed by atoms with Gasteiger partial charge in [0.25, 0.3) is 0 Å². The minimum atomic E-state index is -0.670. The third kappa shape index (κ3) is 4.45. The van der Waals surface area contributed by atoms with Gasteiger partial charge in [0.1, 0.15) is 0 Å². The Labute approximate surface area is 126 Å². The molecule has 110 valence electrons. The SMILES string of the molecule is CCC(CCCc1ccc(-c2ccccc2)cc1)C(=O)O. The smallest absolute Gasteiger partial charge is 0.306 e. The van der Waals surface area contributed by atoms with Crippen LogP contribution in [-0.4, -0.2) is 11.1 Å². The average Bonchev–Trinajstić information content (AvgIpc) is 2.53. The first-order valence-electron chi connectivity index (χ1n) is 7.58. The van der Waals surface area contributed by atoms with E-state index < -0.39 is 5.97 Å². The van der Waals surface area contributed by atoms with E-state index in [1.54, 1.807) is 0 Å². The number of benzene rings is 2. The number of carboxylic acid groups (broad SMARTS) is 1. The summed E-state index contributed by atoms with van der Waals surface area (Å²) in [6, 6.07) is 18.9. The Morgan fingerprint density at radius 2 is 1.62 bits per heavy atom. The van der Waals surface area contributed by atoms with Gasteiger partial charge in [-0.15, -0.1) is 0 Å². The van der Waals surface area contributed by atoms with Gasteiger partial charge in [-0.25, -0.2) is 0 Å². The van der Waals surface area contributed by atoms with Crippen molar-refractivity contribution in [2.24, 2.45) is 5.92 Å². The second-order valence-electron chi connectivity index (χ2n) is 5.40. The number of carboxylic acids is 1. The maximum atomic E-state index is 11.0. The third-order valence-corrected chi connectivity index (χ3v) is 3.92. The standard InChI is InChI=1S/C19H22O2/c1-2-16(19(20)21)10-6-7-15-11-13-18(14-12-15)17-8-4-3-5-9-17/h3-5,8-9,11-14,16H,2,6-7,10H2,1H3,(H,20,21). The summed E-state index contributed by atoms with van der Waals surface area (Å²) in [5.41, 5.74) is 3.72. The highest BCUT2D eigenvalue weighted by Gasteiger charge is 2.13. The highest BCUT2D eigenvalue weighted by molar-refractivity contribution is 5.69. The van der Waals surface area contributed by atoms with Gasteiger partial charge in [-0.05, 0) is 42.4 Å². The number of carbonyl (C=O) groups is 1. The Morgan fingerprint density at radius 3 is 2.19 bits per heavy atom. The van der Waals surface area contributed by atoms with Crippen LogP contribution < -0.4 is 0 Å². The van der Waals surface area contributed by atoms with Crippen molar-refractivity contribution in [3.05, 3.63) is 60.2 Å². The van der Waals surface area contributed by atoms with Crippen LogP contribution >= 0.6 is 0 Å². The van der Waals surface area contributed by atoms with Crippen LogP contribution in [0, 0.1) is 5.92 Å². The van der Waals surface area contributed by atoms with Crippen LogP contribution in [0.1, 0.15) is 31.7 Å². The van der Waals surface area contributed by atoms with E-state index in [-0.39, 0.29) is 5.92 Å². The van der Waals surface area contributed by atoms with Crippen LogP contribution in [-0.2, 0) is 11.2 Å². The van der Waals surface area contributed by atoms with Crippen molar-refractivity contribution in [1.82, 2.24) is 0 Å². The van der Waals surface area contributed by atoms with E-state index in [4.69, 9.17) is 5.11 Å². The summed E-state index contributed by atoms with van der Waals surface area (Å²) in [5, 5.41) is 9.03. The molecule has 0 saturated carbocycles. The fourth-order valence-electron chi connectivity index (χ4n) is 2.55. The van der Waals surface area contributed by atoms with Crippen molar-refractivity contribution in [1.29, 1.82) is 0 Å². The molecule has 1 unspecified atom stereocenters. The summed E-state index contributed by atoms with van der Waals surface area (Å²) in [6.07, 6.45) is 3.34. The fraction of sp³-hybridized carbons (Fsp3) is 0.316. The van der Waals surface area contributed by atoms with Crippen molar-refractivity contribution < 1.29 is 9.90 Å². The molecule has 1 N–H and O–H groups in total. The molecule has 2 nitrogen and oxygen atoms in total. The Balaban J connectivity index is 1.90. The molecule has 2 rings (SSSR count). The second kappa shape index (κ2) is 7.63. The van der Waals surface area contributed by atoms with Gasteiger partial charge in [0.15, 0.2) is 0 Å². The first-order chi connectivity index (χ1) is 10.2. The molecule has 0 radical (unpaired) electrons. The van der Waals surface area contributed by atoms with Gasteiger partial charge in [0.2, 0.25) is 0 Å². The van der Waals surface area contributed by atoms with Gasteiger partial charge >= 0.3 is 5.97 Å². The largest absolute Gasteiger partial charge is 0.481 e. The van der Waals surface area contributed by atoms with Crippen LogP contribution in [0.2, 0.25) is 0 Å². The maximum Gasteiger partial charge on any atom is 0.306 e. The van der Waals surface area contributed by atoms with E-state index in [9.17, 15) is 4.79 Å². The van der Waals surface area contributed by atoms with E-state index >= 15 is 0 Å². The van der Waals surface area contributed by atoms with Crippen LogP contribution in [0.25, 0.3) is 11.1 Å². The van der Waals surface area contributed by atoms with Crippen LogP contribution in [0.4, 0.5) is 0 Å². The first-order valence-corrected chi connectivity index (χ1v) is 7.58. The van der Waals surface area contributed by atoms with Crippen molar-refractivity contribution in [2.45, 2.75) is 32.6 Å². The molecule has 2 heteroatoms. The predicted octanol–water partition coefficient (Wildman–Crippen LogP) is 4.79. The molecular formula is C19H22O2. The van der Waals surface area contributed by atoms with Gasteiger partial charge in [0.05, 0.1) is 5.92 Å². The molecule has 0 aliphatic carbocycles. The number of rotatable bonds is 7. The Morgan fingerprint density at radius 1 is 1.00 bits per heavy atom. The van der Waals surface area contributed by atoms with Crippen LogP contribution in [0.3, 0.4) is 0 Å². The van der Waals surface area contributed by atoms with Gasteiger partial charge in [-0.1, -0.05) is 61.5 Å². The third-order valence-electron chi connectivity index (χ3n) is 3.92. The molecule has 2 aromatic rings. The zero-order chi connectivity index (χ0) is 15.1. The zero-order valence-corrected chi connectivity index (χ0v) is 12.5. The molecule has 1 atom stereocenters. The van der Waals surface area contributed by atoms with E-state index in [2.05, 4.69) is 36.4 Å². The summed E-state index contributed by atoms with van der Waals surface area (Å²) >= 11 is 0. The molecule has 0 aromatic heterocycles. The number of hydrogen-bond acceptors (Lipinski definition) is 1. The van der Waals surface area contributed by atoms with Gasteiger partial charge < -0.3 is 5.11 Å². The lowest BCUT2D eigenvalue weighted by Crippen LogP contribution is -2.12. The van der Waals surface area contributed by atoms with Gasteiger partial charge in [-0.2, -0.15) is 0 Å². The maximum absolute atomic E-state index is 11.0. The van der Waals surface area contributed by atoms with E-state index in [0.717, 1.165) is 19.3 Å². The number of aliphatic carboxylic acids is 1. The molecule has 2 aromatic carbocycles. The van der Waals surface area contributed by atoms with Crippen molar-refractivity contribution in [2.75, 3.05) is 0 Å². The Hall–Kier alpha value is -2.09. The van der Waals surface area contributed by atoms with E-state index in [0.29, 0.717) is 6.42 Å². The van der Waals surface area contributed by atoms with E-state index in [1.807, 2.05) is 25.1 Å². The number of hydrogen-bond donors (Lipinski definition) is 1. The summed E-state index contributed by atoms with van der Waals surface area (Å²) in [5.74, 6) is -0.870. The highest BCUT2D eigenvalue weighted by Crippen LogP contribution is 2.20.